The second kappa shape index (κ2) is 10.9. The van der Waals surface area contributed by atoms with Crippen LogP contribution in [0.4, 0.5) is 0 Å². The molecule has 2 aliphatic heterocycles. The predicted octanol–water partition coefficient (Wildman–Crippen LogP) is 2.67. The van der Waals surface area contributed by atoms with Crippen LogP contribution >= 0.6 is 0 Å². The molecule has 0 aromatic heterocycles. The van der Waals surface area contributed by atoms with E-state index in [0.717, 1.165) is 63.8 Å². The van der Waals surface area contributed by atoms with Crippen LogP contribution in [0, 0.1) is 5.92 Å². The van der Waals surface area contributed by atoms with E-state index in [9.17, 15) is 9.59 Å². The molecule has 0 N–H and O–H groups in total. The summed E-state index contributed by atoms with van der Waals surface area (Å²) >= 11 is 0. The zero-order valence-electron chi connectivity index (χ0n) is 18.8. The Labute approximate surface area is 181 Å². The van der Waals surface area contributed by atoms with Crippen molar-refractivity contribution in [3.63, 3.8) is 0 Å². The fourth-order valence-electron chi connectivity index (χ4n) is 4.68. The predicted molar refractivity (Wildman–Crippen MR) is 119 cm³/mol. The van der Waals surface area contributed by atoms with Crippen LogP contribution in [-0.4, -0.2) is 86.0 Å². The molecule has 0 atom stereocenters. The zero-order chi connectivity index (χ0) is 21.5. The number of likely N-dealkylation sites (tertiary alicyclic amines) is 2. The van der Waals surface area contributed by atoms with E-state index in [-0.39, 0.29) is 17.9 Å². The van der Waals surface area contributed by atoms with Gasteiger partial charge in [0.2, 0.25) is 5.91 Å². The molecular weight excluding hydrogens is 378 g/mol. The second-order valence-corrected chi connectivity index (χ2v) is 8.88. The lowest BCUT2D eigenvalue weighted by atomic mass is 9.90. The number of nitrogens with zero attached hydrogens (tertiary/aromatic N) is 3. The first-order chi connectivity index (χ1) is 14.5. The Morgan fingerprint density at radius 2 is 1.67 bits per heavy atom. The molecule has 1 aromatic rings. The van der Waals surface area contributed by atoms with Gasteiger partial charge in [-0.3, -0.25) is 9.59 Å². The Kier molecular flexibility index (Phi) is 8.28. The van der Waals surface area contributed by atoms with Crippen molar-refractivity contribution in [3.05, 3.63) is 35.4 Å². The lowest BCUT2D eigenvalue weighted by molar-refractivity contribution is -0.130. The quantitative estimate of drug-likeness (QED) is 0.687. The summed E-state index contributed by atoms with van der Waals surface area (Å²) in [6, 6.07) is 8.46. The first kappa shape index (κ1) is 22.8. The van der Waals surface area contributed by atoms with Crippen LogP contribution < -0.4 is 0 Å². The summed E-state index contributed by atoms with van der Waals surface area (Å²) in [5.41, 5.74) is 2.04. The van der Waals surface area contributed by atoms with Gasteiger partial charge in [-0.1, -0.05) is 12.1 Å². The average Bonchev–Trinajstić information content (AvgIpc) is 2.76. The van der Waals surface area contributed by atoms with E-state index in [1.165, 1.54) is 5.56 Å². The van der Waals surface area contributed by atoms with Gasteiger partial charge in [-0.15, -0.1) is 0 Å². The van der Waals surface area contributed by atoms with Crippen LogP contribution in [0.3, 0.4) is 0 Å². The van der Waals surface area contributed by atoms with Crippen molar-refractivity contribution < 1.29 is 14.3 Å². The largest absolute Gasteiger partial charge is 0.383 e. The number of ether oxygens (including phenoxy) is 1. The van der Waals surface area contributed by atoms with Gasteiger partial charge in [0.05, 0.1) is 6.61 Å². The summed E-state index contributed by atoms with van der Waals surface area (Å²) in [5.74, 6) is 0.904. The van der Waals surface area contributed by atoms with E-state index in [1.807, 2.05) is 21.9 Å². The highest BCUT2D eigenvalue weighted by Crippen LogP contribution is 2.23. The SMILES string of the molecule is COCCN(C(=O)c1ccc(CC2CCN(C(C)=O)CC2)cc1)C1CCN(C)CC1. The smallest absolute Gasteiger partial charge is 0.254 e. The fraction of sp³-hybridized carbons (Fsp3) is 0.667. The number of hydrogen-bond donors (Lipinski definition) is 0. The molecule has 2 amide bonds. The first-order valence-electron chi connectivity index (χ1n) is 11.3. The number of rotatable bonds is 7. The molecule has 0 radical (unpaired) electrons. The first-order valence-corrected chi connectivity index (χ1v) is 11.3. The van der Waals surface area contributed by atoms with Gasteiger partial charge in [0.25, 0.3) is 5.91 Å². The van der Waals surface area contributed by atoms with Gasteiger partial charge in [-0.25, -0.2) is 0 Å². The van der Waals surface area contributed by atoms with E-state index in [1.54, 1.807) is 14.0 Å². The fourth-order valence-corrected chi connectivity index (χ4v) is 4.68. The molecule has 3 rings (SSSR count). The molecule has 0 unspecified atom stereocenters. The number of piperidine rings is 2. The third kappa shape index (κ3) is 6.05. The van der Waals surface area contributed by atoms with E-state index >= 15 is 0 Å². The molecule has 6 heteroatoms. The van der Waals surface area contributed by atoms with Crippen molar-refractivity contribution in [3.8, 4) is 0 Å². The van der Waals surface area contributed by atoms with Gasteiger partial charge in [0.15, 0.2) is 0 Å². The van der Waals surface area contributed by atoms with Crippen LogP contribution in [0.25, 0.3) is 0 Å². The van der Waals surface area contributed by atoms with Crippen molar-refractivity contribution in [2.24, 2.45) is 5.92 Å². The number of methoxy groups -OCH3 is 1. The summed E-state index contributed by atoms with van der Waals surface area (Å²) in [5, 5.41) is 0. The Morgan fingerprint density at radius 1 is 1.03 bits per heavy atom. The summed E-state index contributed by atoms with van der Waals surface area (Å²) < 4.78 is 5.27. The molecule has 2 fully saturated rings. The Bertz CT molecular complexity index is 690. The van der Waals surface area contributed by atoms with Gasteiger partial charge in [0, 0.05) is 45.3 Å². The molecule has 2 heterocycles. The van der Waals surface area contributed by atoms with E-state index in [0.29, 0.717) is 19.1 Å². The second-order valence-electron chi connectivity index (χ2n) is 8.88. The molecule has 30 heavy (non-hydrogen) atoms. The Hall–Kier alpha value is -1.92. The van der Waals surface area contributed by atoms with E-state index < -0.39 is 0 Å². The van der Waals surface area contributed by atoms with Crippen LogP contribution in [0.5, 0.6) is 0 Å². The van der Waals surface area contributed by atoms with Crippen LogP contribution in [0.15, 0.2) is 24.3 Å². The summed E-state index contributed by atoms with van der Waals surface area (Å²) in [6.07, 6.45) is 5.16. The van der Waals surface area contributed by atoms with Gasteiger partial charge < -0.3 is 19.4 Å². The summed E-state index contributed by atoms with van der Waals surface area (Å²) in [4.78, 5) is 31.0. The minimum Gasteiger partial charge on any atom is -0.383 e. The van der Waals surface area contributed by atoms with Crippen LogP contribution in [0.2, 0.25) is 0 Å². The minimum atomic E-state index is 0.114. The van der Waals surface area contributed by atoms with Crippen molar-refractivity contribution in [1.29, 1.82) is 0 Å². The molecule has 2 aliphatic rings. The minimum absolute atomic E-state index is 0.114. The molecule has 1 aromatic carbocycles. The highest BCUT2D eigenvalue weighted by atomic mass is 16.5. The van der Waals surface area contributed by atoms with Crippen molar-refractivity contribution in [1.82, 2.24) is 14.7 Å². The van der Waals surface area contributed by atoms with Crippen LogP contribution in [-0.2, 0) is 16.0 Å². The third-order valence-corrected chi connectivity index (χ3v) is 6.71. The normalized spacial score (nSPS) is 19.1. The maximum Gasteiger partial charge on any atom is 0.254 e. The Morgan fingerprint density at radius 3 is 2.23 bits per heavy atom. The van der Waals surface area contributed by atoms with Gasteiger partial charge in [-0.05, 0) is 75.9 Å². The lowest BCUT2D eigenvalue weighted by Gasteiger charge is -2.37. The van der Waals surface area contributed by atoms with E-state index in [2.05, 4.69) is 24.1 Å². The molecule has 0 spiro atoms. The molecule has 0 bridgehead atoms. The molecule has 166 valence electrons. The molecule has 0 aliphatic carbocycles. The van der Waals surface area contributed by atoms with Crippen molar-refractivity contribution >= 4 is 11.8 Å². The van der Waals surface area contributed by atoms with E-state index in [4.69, 9.17) is 4.74 Å². The van der Waals surface area contributed by atoms with Crippen LogP contribution in [0.1, 0.15) is 48.5 Å². The molecular formula is C24H37N3O3. The third-order valence-electron chi connectivity index (χ3n) is 6.71. The summed E-state index contributed by atoms with van der Waals surface area (Å²) in [6.45, 7) is 6.64. The summed E-state index contributed by atoms with van der Waals surface area (Å²) in [7, 11) is 3.83. The topological polar surface area (TPSA) is 53.1 Å². The zero-order valence-corrected chi connectivity index (χ0v) is 18.8. The maximum absolute atomic E-state index is 13.3. The number of amides is 2. The molecule has 0 saturated carbocycles. The number of carbonyl (C=O) groups is 2. The van der Waals surface area contributed by atoms with Gasteiger partial charge in [-0.2, -0.15) is 0 Å². The molecule has 6 nitrogen and oxygen atoms in total. The number of carbonyl (C=O) groups excluding carboxylic acids is 2. The lowest BCUT2D eigenvalue weighted by Crippen LogP contribution is -2.47. The van der Waals surface area contributed by atoms with Crippen molar-refractivity contribution in [2.45, 2.75) is 45.1 Å². The van der Waals surface area contributed by atoms with Crippen molar-refractivity contribution in [2.75, 3.05) is 53.5 Å². The Balaban J connectivity index is 1.59. The number of benzene rings is 1. The highest BCUT2D eigenvalue weighted by molar-refractivity contribution is 5.94. The molecule has 2 saturated heterocycles. The highest BCUT2D eigenvalue weighted by Gasteiger charge is 2.27. The standard InChI is InChI=1S/C24H37N3O3/c1-19(28)26-14-8-21(9-15-26)18-20-4-6-22(7-5-20)24(29)27(16-17-30-3)23-10-12-25(2)13-11-23/h4-7,21,23H,8-18H2,1-3H3. The van der Waals surface area contributed by atoms with Gasteiger partial charge in [0.1, 0.15) is 0 Å². The average molecular weight is 416 g/mol. The monoisotopic (exact) mass is 415 g/mol. The van der Waals surface area contributed by atoms with Gasteiger partial charge >= 0.3 is 0 Å². The number of hydrogen-bond acceptors (Lipinski definition) is 4. The maximum atomic E-state index is 13.3.